The van der Waals surface area contributed by atoms with Gasteiger partial charge in [-0.25, -0.2) is 0 Å². The molecule has 0 saturated heterocycles. The van der Waals surface area contributed by atoms with Crippen LogP contribution in [-0.2, 0) is 0 Å². The lowest BCUT2D eigenvalue weighted by Crippen LogP contribution is -2.46. The molecule has 1 rings (SSSR count). The van der Waals surface area contributed by atoms with Crippen LogP contribution in [0.2, 0.25) is 0 Å². The third-order valence-corrected chi connectivity index (χ3v) is 1.63. The van der Waals surface area contributed by atoms with E-state index in [-0.39, 0.29) is 0 Å². The van der Waals surface area contributed by atoms with Crippen LogP contribution in [0.15, 0.2) is 16.2 Å². The zero-order chi connectivity index (χ0) is 8.97. The fourth-order valence-electron chi connectivity index (χ4n) is 0.658. The Hall–Kier alpha value is -0.100. The van der Waals surface area contributed by atoms with E-state index in [0.717, 1.165) is 4.64 Å². The summed E-state index contributed by atoms with van der Waals surface area (Å²) < 4.78 is 1.11. The molecule has 7 heteroatoms. The molecule has 0 atom stereocenters. The highest BCUT2D eigenvalue weighted by atomic mass is 35.5. The van der Waals surface area contributed by atoms with E-state index >= 15 is 0 Å². The zero-order valence-electron chi connectivity index (χ0n) is 6.09. The van der Waals surface area contributed by atoms with Crippen molar-refractivity contribution in [1.82, 2.24) is 15.5 Å². The minimum atomic E-state index is 0.418. The van der Waals surface area contributed by atoms with Crippen LogP contribution in [0.25, 0.3) is 0 Å². The molecule has 0 unspecified atom stereocenters. The van der Waals surface area contributed by atoms with Crippen LogP contribution >= 0.6 is 36.0 Å². The molecule has 1 heterocycles. The van der Waals surface area contributed by atoms with E-state index in [1.165, 1.54) is 0 Å². The SMILES string of the molecule is SCCN=C1C=C(Cl)NN(Cl)N1. The van der Waals surface area contributed by atoms with Crippen LogP contribution in [0.5, 0.6) is 0 Å². The average Bonchev–Trinajstić information content (AvgIpc) is 1.99. The highest BCUT2D eigenvalue weighted by Crippen LogP contribution is 2.03. The molecule has 0 spiro atoms. The minimum absolute atomic E-state index is 0.418. The third-order valence-electron chi connectivity index (χ3n) is 1.06. The molecule has 0 bridgehead atoms. The second-order valence-electron chi connectivity index (χ2n) is 1.99. The van der Waals surface area contributed by atoms with E-state index < -0.39 is 0 Å². The average molecular weight is 227 g/mol. The van der Waals surface area contributed by atoms with Crippen molar-refractivity contribution < 1.29 is 0 Å². The van der Waals surface area contributed by atoms with Crippen LogP contribution in [0.1, 0.15) is 0 Å². The Morgan fingerprint density at radius 2 is 2.33 bits per heavy atom. The molecule has 12 heavy (non-hydrogen) atoms. The van der Waals surface area contributed by atoms with Gasteiger partial charge in [-0.1, -0.05) is 11.6 Å². The molecule has 0 fully saturated rings. The van der Waals surface area contributed by atoms with Crippen molar-refractivity contribution in [1.29, 1.82) is 0 Å². The first kappa shape index (κ1) is 9.98. The lowest BCUT2D eigenvalue weighted by molar-refractivity contribution is 0.337. The fourth-order valence-corrected chi connectivity index (χ4v) is 1.17. The van der Waals surface area contributed by atoms with Crippen molar-refractivity contribution in [3.05, 3.63) is 11.2 Å². The monoisotopic (exact) mass is 226 g/mol. The third kappa shape index (κ3) is 3.10. The van der Waals surface area contributed by atoms with Gasteiger partial charge in [-0.3, -0.25) is 15.8 Å². The molecule has 0 radical (unpaired) electrons. The number of amidine groups is 1. The van der Waals surface area contributed by atoms with Gasteiger partial charge in [-0.2, -0.15) is 12.6 Å². The van der Waals surface area contributed by atoms with Gasteiger partial charge in [0.25, 0.3) is 0 Å². The van der Waals surface area contributed by atoms with E-state index in [0.29, 0.717) is 23.3 Å². The first-order valence-electron chi connectivity index (χ1n) is 3.24. The molecule has 4 nitrogen and oxygen atoms in total. The molecular weight excluding hydrogens is 219 g/mol. The largest absolute Gasteiger partial charge is 0.276 e. The molecule has 1 aliphatic rings. The number of hydrogen-bond acceptors (Lipinski definition) is 4. The number of rotatable bonds is 2. The number of hydrogen-bond donors (Lipinski definition) is 3. The minimum Gasteiger partial charge on any atom is -0.276 e. The number of halogens is 2. The van der Waals surface area contributed by atoms with Crippen LogP contribution in [0.4, 0.5) is 0 Å². The molecule has 0 saturated carbocycles. The van der Waals surface area contributed by atoms with Gasteiger partial charge in [-0.15, -0.1) is 0 Å². The normalized spacial score (nSPS) is 21.6. The number of nitrogens with one attached hydrogen (secondary N) is 2. The summed E-state index contributed by atoms with van der Waals surface area (Å²) in [6, 6.07) is 0. The van der Waals surface area contributed by atoms with E-state index in [4.69, 9.17) is 23.4 Å². The Kier molecular flexibility index (Phi) is 4.00. The standard InChI is InChI=1S/C5H8Cl2N4S/c6-4-3-5(8-1-2-12)10-11(7)9-4/h3,9,12H,1-2H2,(H,8,10). The first-order valence-corrected chi connectivity index (χ1v) is 4.59. The predicted octanol–water partition coefficient (Wildman–Crippen LogP) is 0.873. The Bertz CT molecular complexity index is 217. The van der Waals surface area contributed by atoms with Crippen molar-refractivity contribution in [3.8, 4) is 0 Å². The van der Waals surface area contributed by atoms with Crippen LogP contribution in [0, 0.1) is 0 Å². The van der Waals surface area contributed by atoms with Crippen molar-refractivity contribution >= 4 is 41.8 Å². The molecule has 0 aromatic rings. The van der Waals surface area contributed by atoms with Gasteiger partial charge < -0.3 is 0 Å². The van der Waals surface area contributed by atoms with Crippen molar-refractivity contribution in [2.45, 2.75) is 0 Å². The lowest BCUT2D eigenvalue weighted by atomic mass is 10.5. The van der Waals surface area contributed by atoms with Gasteiger partial charge in [0.15, 0.2) is 0 Å². The quantitative estimate of drug-likeness (QED) is 0.372. The van der Waals surface area contributed by atoms with Crippen LogP contribution < -0.4 is 10.9 Å². The fraction of sp³-hybridized carbons (Fsp3) is 0.400. The second kappa shape index (κ2) is 4.81. The number of nitrogens with zero attached hydrogens (tertiary/aromatic N) is 2. The van der Waals surface area contributed by atoms with Crippen molar-refractivity contribution in [3.63, 3.8) is 0 Å². The molecule has 1 aliphatic heterocycles. The molecule has 0 aromatic carbocycles. The Morgan fingerprint density at radius 3 is 2.92 bits per heavy atom. The predicted molar refractivity (Wildman–Crippen MR) is 54.1 cm³/mol. The van der Waals surface area contributed by atoms with Crippen LogP contribution in [0.3, 0.4) is 0 Å². The maximum absolute atomic E-state index is 5.67. The molecule has 0 aliphatic carbocycles. The van der Waals surface area contributed by atoms with Crippen LogP contribution in [-0.4, -0.2) is 22.8 Å². The maximum Gasteiger partial charge on any atom is 0.141 e. The summed E-state index contributed by atoms with van der Waals surface area (Å²) in [5.41, 5.74) is 5.32. The second-order valence-corrected chi connectivity index (χ2v) is 3.18. The summed E-state index contributed by atoms with van der Waals surface area (Å²) in [4.78, 5) is 4.10. The Morgan fingerprint density at radius 1 is 1.58 bits per heavy atom. The smallest absolute Gasteiger partial charge is 0.141 e. The van der Waals surface area contributed by atoms with Crippen molar-refractivity contribution in [2.75, 3.05) is 12.3 Å². The molecule has 68 valence electrons. The van der Waals surface area contributed by atoms with E-state index in [2.05, 4.69) is 28.5 Å². The number of thiol groups is 1. The molecule has 0 aromatic heterocycles. The number of hydrazine groups is 2. The Labute approximate surface area is 86.1 Å². The Balaban J connectivity index is 2.60. The van der Waals surface area contributed by atoms with Gasteiger partial charge in [0, 0.05) is 23.6 Å². The van der Waals surface area contributed by atoms with Gasteiger partial charge >= 0.3 is 0 Å². The van der Waals surface area contributed by atoms with Gasteiger partial charge in [-0.05, 0) is 4.64 Å². The summed E-state index contributed by atoms with van der Waals surface area (Å²) in [7, 11) is 0. The van der Waals surface area contributed by atoms with E-state index in [9.17, 15) is 0 Å². The highest BCUT2D eigenvalue weighted by Gasteiger charge is 2.10. The lowest BCUT2D eigenvalue weighted by Gasteiger charge is -2.21. The summed E-state index contributed by atoms with van der Waals surface area (Å²) in [6.45, 7) is 0.622. The van der Waals surface area contributed by atoms with Gasteiger partial charge in [0.2, 0.25) is 0 Å². The topological polar surface area (TPSA) is 39.7 Å². The van der Waals surface area contributed by atoms with Crippen molar-refractivity contribution in [2.24, 2.45) is 4.99 Å². The van der Waals surface area contributed by atoms with E-state index in [1.807, 2.05) is 0 Å². The highest BCUT2D eigenvalue weighted by molar-refractivity contribution is 7.80. The van der Waals surface area contributed by atoms with Gasteiger partial charge in [0.1, 0.15) is 11.0 Å². The molecule has 2 N–H and O–H groups in total. The summed E-state index contributed by atoms with van der Waals surface area (Å²) in [5, 5.41) is 0.418. The number of aliphatic imine (C=N–C) groups is 1. The molecule has 0 amide bonds. The summed E-state index contributed by atoms with van der Waals surface area (Å²) in [5.74, 6) is 1.30. The first-order chi connectivity index (χ1) is 5.72. The summed E-state index contributed by atoms with van der Waals surface area (Å²) >= 11 is 15.3. The maximum atomic E-state index is 5.67. The van der Waals surface area contributed by atoms with Gasteiger partial charge in [0.05, 0.1) is 6.54 Å². The molecular formula is C5H8Cl2N4S. The van der Waals surface area contributed by atoms with E-state index in [1.54, 1.807) is 6.08 Å². The summed E-state index contributed by atoms with van der Waals surface area (Å²) in [6.07, 6.45) is 1.64. The zero-order valence-corrected chi connectivity index (χ0v) is 8.50.